The smallest absolute Gasteiger partial charge is 0.0884 e. The SMILES string of the molecule is CCOC(C)(C)C(O)CC1Cc2ccccc21. The van der Waals surface area contributed by atoms with Gasteiger partial charge in [0.1, 0.15) is 0 Å². The lowest BCUT2D eigenvalue weighted by atomic mass is 9.73. The maximum Gasteiger partial charge on any atom is 0.0884 e. The Balaban J connectivity index is 1.96. The molecule has 94 valence electrons. The molecule has 0 aliphatic heterocycles. The Morgan fingerprint density at radius 1 is 1.41 bits per heavy atom. The molecule has 2 unspecified atom stereocenters. The summed E-state index contributed by atoms with van der Waals surface area (Å²) in [6.07, 6.45) is 1.49. The maximum absolute atomic E-state index is 10.2. The third-order valence-corrected chi connectivity index (χ3v) is 3.79. The Labute approximate surface area is 104 Å². The van der Waals surface area contributed by atoms with Gasteiger partial charge in [0.2, 0.25) is 0 Å². The summed E-state index contributed by atoms with van der Waals surface area (Å²) >= 11 is 0. The molecule has 2 heteroatoms. The third kappa shape index (κ3) is 2.53. The topological polar surface area (TPSA) is 29.5 Å². The highest BCUT2D eigenvalue weighted by atomic mass is 16.5. The first kappa shape index (κ1) is 12.6. The van der Waals surface area contributed by atoms with Gasteiger partial charge in [-0.3, -0.25) is 0 Å². The van der Waals surface area contributed by atoms with Crippen molar-refractivity contribution >= 4 is 0 Å². The quantitative estimate of drug-likeness (QED) is 0.849. The Morgan fingerprint density at radius 3 is 2.76 bits per heavy atom. The summed E-state index contributed by atoms with van der Waals surface area (Å²) in [5, 5.41) is 10.2. The number of aliphatic hydroxyl groups excluding tert-OH is 1. The molecule has 0 radical (unpaired) electrons. The Kier molecular flexibility index (Phi) is 3.55. The van der Waals surface area contributed by atoms with Gasteiger partial charge in [-0.2, -0.15) is 0 Å². The van der Waals surface area contributed by atoms with Crippen LogP contribution in [0.2, 0.25) is 0 Å². The summed E-state index contributed by atoms with van der Waals surface area (Å²) in [4.78, 5) is 0. The van der Waals surface area contributed by atoms with E-state index in [2.05, 4.69) is 24.3 Å². The van der Waals surface area contributed by atoms with Gasteiger partial charge in [0.15, 0.2) is 0 Å². The molecule has 0 heterocycles. The second kappa shape index (κ2) is 4.79. The van der Waals surface area contributed by atoms with Crippen LogP contribution in [0.1, 0.15) is 44.2 Å². The first-order chi connectivity index (χ1) is 8.04. The van der Waals surface area contributed by atoms with Crippen LogP contribution < -0.4 is 0 Å². The molecular formula is C15H22O2. The number of ether oxygens (including phenoxy) is 1. The molecular weight excluding hydrogens is 212 g/mol. The average Bonchev–Trinajstić information content (AvgIpc) is 2.25. The van der Waals surface area contributed by atoms with Crippen molar-refractivity contribution in [1.82, 2.24) is 0 Å². The predicted molar refractivity (Wildman–Crippen MR) is 69.2 cm³/mol. The van der Waals surface area contributed by atoms with E-state index in [1.807, 2.05) is 20.8 Å². The van der Waals surface area contributed by atoms with Crippen molar-refractivity contribution in [3.8, 4) is 0 Å². The Bertz CT molecular complexity index is 384. The molecule has 0 saturated carbocycles. The Hall–Kier alpha value is -0.860. The number of benzene rings is 1. The van der Waals surface area contributed by atoms with Crippen molar-refractivity contribution in [1.29, 1.82) is 0 Å². The molecule has 1 aromatic rings. The van der Waals surface area contributed by atoms with Crippen molar-refractivity contribution in [2.75, 3.05) is 6.61 Å². The first-order valence-electron chi connectivity index (χ1n) is 6.44. The van der Waals surface area contributed by atoms with E-state index in [1.54, 1.807) is 0 Å². The zero-order valence-corrected chi connectivity index (χ0v) is 10.9. The second-order valence-electron chi connectivity index (χ2n) is 5.39. The van der Waals surface area contributed by atoms with Crippen LogP contribution in [0.4, 0.5) is 0 Å². The lowest BCUT2D eigenvalue weighted by molar-refractivity contribution is -0.101. The highest BCUT2D eigenvalue weighted by Gasteiger charge is 2.34. The molecule has 2 rings (SSSR count). The summed E-state index contributed by atoms with van der Waals surface area (Å²) < 4.78 is 5.60. The number of aliphatic hydroxyl groups is 1. The largest absolute Gasteiger partial charge is 0.390 e. The van der Waals surface area contributed by atoms with E-state index in [0.29, 0.717) is 12.5 Å². The molecule has 1 N–H and O–H groups in total. The minimum Gasteiger partial charge on any atom is -0.390 e. The molecule has 0 amide bonds. The van der Waals surface area contributed by atoms with Crippen molar-refractivity contribution < 1.29 is 9.84 Å². The van der Waals surface area contributed by atoms with Crippen LogP contribution >= 0.6 is 0 Å². The highest BCUT2D eigenvalue weighted by molar-refractivity contribution is 5.39. The van der Waals surface area contributed by atoms with Crippen molar-refractivity contribution in [3.63, 3.8) is 0 Å². The zero-order valence-electron chi connectivity index (χ0n) is 10.9. The molecule has 0 aromatic heterocycles. The van der Waals surface area contributed by atoms with Crippen LogP contribution in [0.5, 0.6) is 0 Å². The minimum absolute atomic E-state index is 0.402. The summed E-state index contributed by atoms with van der Waals surface area (Å²) in [5.74, 6) is 0.501. The molecule has 0 fully saturated rings. The number of hydrogen-bond donors (Lipinski definition) is 1. The molecule has 1 aliphatic rings. The summed E-state index contributed by atoms with van der Waals surface area (Å²) in [6, 6.07) is 8.50. The van der Waals surface area contributed by atoms with Gasteiger partial charge in [0.25, 0.3) is 0 Å². The van der Waals surface area contributed by atoms with Gasteiger partial charge in [-0.15, -0.1) is 0 Å². The number of hydrogen-bond acceptors (Lipinski definition) is 2. The number of fused-ring (bicyclic) bond motifs is 1. The lowest BCUT2D eigenvalue weighted by Crippen LogP contribution is -2.41. The Morgan fingerprint density at radius 2 is 2.12 bits per heavy atom. The van der Waals surface area contributed by atoms with Crippen LogP contribution in [-0.2, 0) is 11.2 Å². The fraction of sp³-hybridized carbons (Fsp3) is 0.600. The van der Waals surface area contributed by atoms with Gasteiger partial charge in [-0.1, -0.05) is 24.3 Å². The van der Waals surface area contributed by atoms with Gasteiger partial charge in [-0.05, 0) is 50.7 Å². The van der Waals surface area contributed by atoms with Gasteiger partial charge in [0, 0.05) is 6.61 Å². The van der Waals surface area contributed by atoms with E-state index in [-0.39, 0.29) is 0 Å². The molecule has 2 atom stereocenters. The average molecular weight is 234 g/mol. The van der Waals surface area contributed by atoms with Crippen LogP contribution in [0.3, 0.4) is 0 Å². The van der Waals surface area contributed by atoms with Crippen molar-refractivity contribution in [2.45, 2.75) is 51.2 Å². The molecule has 1 aliphatic carbocycles. The standard InChI is InChI=1S/C15H22O2/c1-4-17-15(2,3)14(16)10-12-9-11-7-5-6-8-13(11)12/h5-8,12,14,16H,4,9-10H2,1-3H3. The minimum atomic E-state index is -0.445. The van der Waals surface area contributed by atoms with Gasteiger partial charge in [0.05, 0.1) is 11.7 Å². The van der Waals surface area contributed by atoms with E-state index in [1.165, 1.54) is 11.1 Å². The van der Waals surface area contributed by atoms with Crippen LogP contribution in [0.15, 0.2) is 24.3 Å². The molecule has 2 nitrogen and oxygen atoms in total. The number of rotatable bonds is 5. The maximum atomic E-state index is 10.2. The fourth-order valence-electron chi connectivity index (χ4n) is 2.59. The lowest BCUT2D eigenvalue weighted by Gasteiger charge is -2.37. The molecule has 0 bridgehead atoms. The van der Waals surface area contributed by atoms with Gasteiger partial charge in [-0.25, -0.2) is 0 Å². The van der Waals surface area contributed by atoms with Crippen LogP contribution in [0, 0.1) is 0 Å². The van der Waals surface area contributed by atoms with E-state index in [4.69, 9.17) is 4.74 Å². The van der Waals surface area contributed by atoms with E-state index in [9.17, 15) is 5.11 Å². The normalized spacial score (nSPS) is 20.6. The predicted octanol–water partition coefficient (Wildman–Crippen LogP) is 2.89. The monoisotopic (exact) mass is 234 g/mol. The summed E-state index contributed by atoms with van der Waals surface area (Å²) in [7, 11) is 0. The van der Waals surface area contributed by atoms with E-state index in [0.717, 1.165) is 12.8 Å². The van der Waals surface area contributed by atoms with E-state index >= 15 is 0 Å². The zero-order chi connectivity index (χ0) is 12.5. The van der Waals surface area contributed by atoms with Crippen LogP contribution in [0.25, 0.3) is 0 Å². The molecule has 1 aromatic carbocycles. The van der Waals surface area contributed by atoms with Gasteiger partial charge < -0.3 is 9.84 Å². The van der Waals surface area contributed by atoms with Crippen molar-refractivity contribution in [2.24, 2.45) is 0 Å². The molecule has 0 spiro atoms. The van der Waals surface area contributed by atoms with Crippen molar-refractivity contribution in [3.05, 3.63) is 35.4 Å². The summed E-state index contributed by atoms with van der Waals surface area (Å²) in [5.41, 5.74) is 2.39. The third-order valence-electron chi connectivity index (χ3n) is 3.79. The molecule has 0 saturated heterocycles. The molecule has 17 heavy (non-hydrogen) atoms. The highest BCUT2D eigenvalue weighted by Crippen LogP contribution is 2.39. The fourth-order valence-corrected chi connectivity index (χ4v) is 2.59. The second-order valence-corrected chi connectivity index (χ2v) is 5.39. The van der Waals surface area contributed by atoms with E-state index < -0.39 is 11.7 Å². The van der Waals surface area contributed by atoms with Crippen LogP contribution in [-0.4, -0.2) is 23.4 Å². The first-order valence-corrected chi connectivity index (χ1v) is 6.44. The van der Waals surface area contributed by atoms with Gasteiger partial charge >= 0.3 is 0 Å². The summed E-state index contributed by atoms with van der Waals surface area (Å²) in [6.45, 7) is 6.54.